The monoisotopic (exact) mass is 368 g/mol. The van der Waals surface area contributed by atoms with Gasteiger partial charge in [-0.2, -0.15) is 0 Å². The lowest BCUT2D eigenvalue weighted by Gasteiger charge is -2.20. The second kappa shape index (κ2) is 10.1. The first-order valence-corrected chi connectivity index (χ1v) is 10.0. The minimum Gasteiger partial charge on any atom is -0.512 e. The number of aliphatic hydroxyl groups excluding tert-OH is 2. The zero-order chi connectivity index (χ0) is 19.1. The van der Waals surface area contributed by atoms with Gasteiger partial charge in [0.05, 0.1) is 11.9 Å². The molecule has 0 aromatic heterocycles. The maximum absolute atomic E-state index is 13.8. The van der Waals surface area contributed by atoms with Crippen LogP contribution in [-0.4, -0.2) is 33.6 Å². The van der Waals surface area contributed by atoms with Crippen LogP contribution in [0.25, 0.3) is 0 Å². The first kappa shape index (κ1) is 20.9. The van der Waals surface area contributed by atoms with E-state index in [4.69, 9.17) is 5.11 Å². The highest BCUT2D eigenvalue weighted by atomic mass is 19.1. The smallest absolute Gasteiger partial charge is 0.303 e. The van der Waals surface area contributed by atoms with E-state index in [0.29, 0.717) is 25.2 Å². The number of allylic oxidation sites excluding steroid dienone is 3. The number of fused-ring (bicyclic) bond motifs is 1. The molecule has 0 aliphatic heterocycles. The number of hydrogen-bond donors (Lipinski definition) is 3. The maximum Gasteiger partial charge on any atom is 0.303 e. The summed E-state index contributed by atoms with van der Waals surface area (Å²) in [5, 5.41) is 29.5. The van der Waals surface area contributed by atoms with E-state index in [1.54, 1.807) is 6.08 Å². The van der Waals surface area contributed by atoms with Gasteiger partial charge in [0.2, 0.25) is 0 Å². The first-order chi connectivity index (χ1) is 12.4. The molecule has 0 spiro atoms. The average Bonchev–Trinajstić information content (AvgIpc) is 3.10. The summed E-state index contributed by atoms with van der Waals surface area (Å²) in [6.45, 7) is 2.03. The summed E-state index contributed by atoms with van der Waals surface area (Å²) < 4.78 is 13.8. The number of aliphatic carboxylic acids is 1. The molecule has 1 unspecified atom stereocenters. The Bertz CT molecular complexity index is 528. The molecule has 4 nitrogen and oxygen atoms in total. The third-order valence-electron chi connectivity index (χ3n) is 5.87. The maximum atomic E-state index is 13.8. The summed E-state index contributed by atoms with van der Waals surface area (Å²) in [6.07, 6.45) is 8.78. The number of hydrogen-bond acceptors (Lipinski definition) is 3. The van der Waals surface area contributed by atoms with Crippen LogP contribution in [-0.2, 0) is 4.79 Å². The molecule has 2 rings (SSSR count). The lowest BCUT2D eigenvalue weighted by Crippen LogP contribution is -2.21. The van der Waals surface area contributed by atoms with Crippen LogP contribution in [0.15, 0.2) is 23.5 Å². The van der Waals surface area contributed by atoms with Crippen molar-refractivity contribution in [1.29, 1.82) is 0 Å². The van der Waals surface area contributed by atoms with Crippen molar-refractivity contribution in [3.05, 3.63) is 23.5 Å². The van der Waals surface area contributed by atoms with Crippen LogP contribution in [0.2, 0.25) is 0 Å². The zero-order valence-corrected chi connectivity index (χ0v) is 15.7. The van der Waals surface area contributed by atoms with E-state index in [9.17, 15) is 19.4 Å². The number of halogens is 1. The van der Waals surface area contributed by atoms with E-state index in [0.717, 1.165) is 32.1 Å². The molecule has 0 saturated heterocycles. The summed E-state index contributed by atoms with van der Waals surface area (Å²) in [4.78, 5) is 10.6. The lowest BCUT2D eigenvalue weighted by atomic mass is 9.88. The molecule has 0 radical (unpaired) electrons. The van der Waals surface area contributed by atoms with Gasteiger partial charge in [0, 0.05) is 18.8 Å². The predicted octanol–water partition coefficient (Wildman–Crippen LogP) is 4.94. The largest absolute Gasteiger partial charge is 0.512 e. The third-order valence-corrected chi connectivity index (χ3v) is 5.87. The van der Waals surface area contributed by atoms with Gasteiger partial charge < -0.3 is 15.3 Å². The van der Waals surface area contributed by atoms with E-state index < -0.39 is 18.2 Å². The zero-order valence-electron chi connectivity index (χ0n) is 15.7. The average molecular weight is 368 g/mol. The normalized spacial score (nSPS) is 31.3. The quantitative estimate of drug-likeness (QED) is 0.290. The van der Waals surface area contributed by atoms with Crippen molar-refractivity contribution < 1.29 is 24.5 Å². The van der Waals surface area contributed by atoms with E-state index in [2.05, 4.69) is 6.08 Å². The standard InChI is InChI=1S/C21H33FO4/c1-2-3-7-16(22)9-10-18(23)21-17-12-14(6-4-5-8-20(25)26)11-15(17)13-19(21)24/h6,10,15-17,19,21,23-24H,2-5,7-9,11-13H2,1H3,(H,25,26)/b14-6-,18-10+/t15-,16?,17-,19+,21-/m0/s1. The van der Waals surface area contributed by atoms with Crippen molar-refractivity contribution in [1.82, 2.24) is 0 Å². The van der Waals surface area contributed by atoms with E-state index in [1.165, 1.54) is 5.57 Å². The van der Waals surface area contributed by atoms with Crippen LogP contribution in [0.5, 0.6) is 0 Å². The Balaban J connectivity index is 1.89. The number of alkyl halides is 1. The van der Waals surface area contributed by atoms with Gasteiger partial charge in [0.15, 0.2) is 0 Å². The SMILES string of the molecule is CCCCC(F)C/C=C(/O)[C@@H]1[C@H]2C/C(=C\CCCC(=O)O)C[C@H]2C[C@H]1O. The number of unbranched alkanes of at least 4 members (excludes halogenated alkanes) is 2. The molecule has 0 amide bonds. The number of aliphatic hydroxyl groups is 2. The number of carboxylic acid groups (broad SMARTS) is 1. The Kier molecular flexibility index (Phi) is 8.14. The second-order valence-electron chi connectivity index (χ2n) is 7.91. The molecular formula is C21H33FO4. The summed E-state index contributed by atoms with van der Waals surface area (Å²) in [5.74, 6) is -0.340. The molecule has 2 aliphatic rings. The summed E-state index contributed by atoms with van der Waals surface area (Å²) in [7, 11) is 0. The molecule has 0 heterocycles. The fraction of sp³-hybridized carbons (Fsp3) is 0.762. The second-order valence-corrected chi connectivity index (χ2v) is 7.91. The molecule has 0 aromatic rings. The van der Waals surface area contributed by atoms with Crippen LogP contribution in [0.1, 0.15) is 71.1 Å². The highest BCUT2D eigenvalue weighted by Crippen LogP contribution is 2.51. The van der Waals surface area contributed by atoms with Crippen molar-refractivity contribution in [2.24, 2.45) is 17.8 Å². The lowest BCUT2D eigenvalue weighted by molar-refractivity contribution is -0.137. The van der Waals surface area contributed by atoms with Crippen molar-refractivity contribution in [2.45, 2.75) is 83.4 Å². The first-order valence-electron chi connectivity index (χ1n) is 10.0. The Morgan fingerprint density at radius 1 is 1.31 bits per heavy atom. The number of rotatable bonds is 10. The van der Waals surface area contributed by atoms with Gasteiger partial charge in [0.1, 0.15) is 6.17 Å². The van der Waals surface area contributed by atoms with Crippen LogP contribution in [0, 0.1) is 17.8 Å². The molecule has 2 fully saturated rings. The van der Waals surface area contributed by atoms with Gasteiger partial charge in [-0.3, -0.25) is 4.79 Å². The molecular weight excluding hydrogens is 335 g/mol. The molecule has 148 valence electrons. The van der Waals surface area contributed by atoms with Gasteiger partial charge in [-0.25, -0.2) is 4.39 Å². The van der Waals surface area contributed by atoms with Crippen LogP contribution in [0.3, 0.4) is 0 Å². The Hall–Kier alpha value is -1.36. The van der Waals surface area contributed by atoms with Crippen molar-refractivity contribution in [2.75, 3.05) is 0 Å². The van der Waals surface area contributed by atoms with E-state index >= 15 is 0 Å². The summed E-state index contributed by atoms with van der Waals surface area (Å²) >= 11 is 0. The molecule has 3 N–H and O–H groups in total. The molecule has 26 heavy (non-hydrogen) atoms. The van der Waals surface area contributed by atoms with Crippen molar-refractivity contribution >= 4 is 5.97 Å². The van der Waals surface area contributed by atoms with Crippen LogP contribution in [0.4, 0.5) is 4.39 Å². The van der Waals surface area contributed by atoms with Gasteiger partial charge in [0.25, 0.3) is 0 Å². The third kappa shape index (κ3) is 5.83. The highest BCUT2D eigenvalue weighted by Gasteiger charge is 2.47. The van der Waals surface area contributed by atoms with Gasteiger partial charge in [-0.1, -0.05) is 31.4 Å². The summed E-state index contributed by atoms with van der Waals surface area (Å²) in [6, 6.07) is 0. The topological polar surface area (TPSA) is 77.8 Å². The van der Waals surface area contributed by atoms with Crippen LogP contribution >= 0.6 is 0 Å². The van der Waals surface area contributed by atoms with Crippen molar-refractivity contribution in [3.63, 3.8) is 0 Å². The van der Waals surface area contributed by atoms with Crippen molar-refractivity contribution in [3.8, 4) is 0 Å². The Morgan fingerprint density at radius 2 is 2.08 bits per heavy atom. The summed E-state index contributed by atoms with van der Waals surface area (Å²) in [5.41, 5.74) is 1.31. The number of carbonyl (C=O) groups is 1. The molecule has 2 aliphatic carbocycles. The Morgan fingerprint density at radius 3 is 2.77 bits per heavy atom. The van der Waals surface area contributed by atoms with E-state index in [1.807, 2.05) is 6.92 Å². The molecule has 5 heteroatoms. The molecule has 0 aromatic carbocycles. The molecule has 2 saturated carbocycles. The van der Waals surface area contributed by atoms with E-state index in [-0.39, 0.29) is 30.4 Å². The van der Waals surface area contributed by atoms with Gasteiger partial charge >= 0.3 is 5.97 Å². The number of carboxylic acids is 1. The van der Waals surface area contributed by atoms with Crippen LogP contribution < -0.4 is 0 Å². The Labute approximate surface area is 155 Å². The van der Waals surface area contributed by atoms with Gasteiger partial charge in [-0.05, 0) is 56.4 Å². The minimum absolute atomic E-state index is 0.149. The molecule has 0 bridgehead atoms. The highest BCUT2D eigenvalue weighted by molar-refractivity contribution is 5.66. The fourth-order valence-electron chi connectivity index (χ4n) is 4.53. The minimum atomic E-state index is -0.931. The fourth-order valence-corrected chi connectivity index (χ4v) is 4.53. The molecule has 5 atom stereocenters. The van der Waals surface area contributed by atoms with Gasteiger partial charge in [-0.15, -0.1) is 0 Å². The predicted molar refractivity (Wildman–Crippen MR) is 99.6 cm³/mol.